The Kier molecular flexibility index (Phi) is 4.41. The standard InChI is InChI=1S/C21H23FN6O/c22-17-10-24-21(26-19(17)23)27-11-15-8-14(9-16(15)12-27)20(29)28-18(6-7-25-28)13-4-2-1-3-5-13/h1-5,7,10,14-16,18H,6,8-9,11-12H2,(H2,23,24,26). The number of rotatable bonds is 3. The van der Waals surface area contributed by atoms with E-state index in [0.717, 1.165) is 44.1 Å². The van der Waals surface area contributed by atoms with Crippen molar-refractivity contribution in [3.63, 3.8) is 0 Å². The molecule has 3 aliphatic rings. The van der Waals surface area contributed by atoms with Crippen LogP contribution in [0.5, 0.6) is 0 Å². The summed E-state index contributed by atoms with van der Waals surface area (Å²) in [6, 6.07) is 10.1. The van der Waals surface area contributed by atoms with Crippen LogP contribution in [0.4, 0.5) is 16.2 Å². The molecule has 29 heavy (non-hydrogen) atoms. The molecule has 7 nitrogen and oxygen atoms in total. The molecule has 3 atom stereocenters. The Hall–Kier alpha value is -3.03. The number of benzene rings is 1. The SMILES string of the molecule is Nc1nc(N2CC3CC(C(=O)N4N=CCC4c4ccccc4)CC3C2)ncc1F. The van der Waals surface area contributed by atoms with Crippen LogP contribution in [0.25, 0.3) is 0 Å². The number of nitrogens with zero attached hydrogens (tertiary/aromatic N) is 5. The molecule has 0 radical (unpaired) electrons. The van der Waals surface area contributed by atoms with Gasteiger partial charge in [0.1, 0.15) is 0 Å². The fraction of sp³-hybridized carbons (Fsp3) is 0.429. The van der Waals surface area contributed by atoms with Crippen LogP contribution in [0.3, 0.4) is 0 Å². The average Bonchev–Trinajstić information content (AvgIpc) is 3.45. The second kappa shape index (κ2) is 7.09. The summed E-state index contributed by atoms with van der Waals surface area (Å²) in [6.07, 6.45) is 5.39. The quantitative estimate of drug-likeness (QED) is 0.865. The minimum atomic E-state index is -0.599. The number of anilines is 2. The molecule has 1 aromatic heterocycles. The molecule has 1 aliphatic carbocycles. The van der Waals surface area contributed by atoms with Gasteiger partial charge >= 0.3 is 0 Å². The van der Waals surface area contributed by atoms with Gasteiger partial charge in [-0.2, -0.15) is 10.1 Å². The van der Waals surface area contributed by atoms with E-state index in [2.05, 4.69) is 27.2 Å². The normalized spacial score (nSPS) is 28.2. The maximum atomic E-state index is 13.3. The Morgan fingerprint density at radius 2 is 1.86 bits per heavy atom. The summed E-state index contributed by atoms with van der Waals surface area (Å²) in [5.41, 5.74) is 6.70. The molecule has 1 aromatic carbocycles. The first-order chi connectivity index (χ1) is 14.1. The number of amides is 1. The van der Waals surface area contributed by atoms with Crippen LogP contribution in [0.1, 0.15) is 30.9 Å². The number of aromatic nitrogens is 2. The molecule has 150 valence electrons. The van der Waals surface area contributed by atoms with Gasteiger partial charge in [0.25, 0.3) is 0 Å². The molecule has 3 unspecified atom stereocenters. The van der Waals surface area contributed by atoms with E-state index >= 15 is 0 Å². The lowest BCUT2D eigenvalue weighted by Gasteiger charge is -2.26. The molecule has 1 saturated carbocycles. The number of carbonyl (C=O) groups is 1. The number of hydrogen-bond donors (Lipinski definition) is 1. The molecule has 2 aromatic rings. The van der Waals surface area contributed by atoms with Gasteiger partial charge in [-0.1, -0.05) is 30.3 Å². The first-order valence-corrected chi connectivity index (χ1v) is 10.0. The number of fused-ring (bicyclic) bond motifs is 1. The van der Waals surface area contributed by atoms with Crippen molar-refractivity contribution >= 4 is 23.9 Å². The van der Waals surface area contributed by atoms with Gasteiger partial charge in [0.2, 0.25) is 11.9 Å². The van der Waals surface area contributed by atoms with Crippen molar-refractivity contribution in [1.82, 2.24) is 15.0 Å². The fourth-order valence-electron chi connectivity index (χ4n) is 4.95. The van der Waals surface area contributed by atoms with Crippen molar-refractivity contribution in [3.8, 4) is 0 Å². The Morgan fingerprint density at radius 1 is 1.14 bits per heavy atom. The van der Waals surface area contributed by atoms with Gasteiger partial charge in [-0.05, 0) is 30.2 Å². The lowest BCUT2D eigenvalue weighted by atomic mass is 10.0. The first kappa shape index (κ1) is 18.0. The van der Waals surface area contributed by atoms with E-state index in [4.69, 9.17) is 5.73 Å². The molecule has 1 amide bonds. The van der Waals surface area contributed by atoms with Gasteiger partial charge < -0.3 is 10.6 Å². The summed E-state index contributed by atoms with van der Waals surface area (Å²) in [5, 5.41) is 6.07. The maximum absolute atomic E-state index is 13.3. The number of hydrazone groups is 1. The zero-order chi connectivity index (χ0) is 20.0. The summed E-state index contributed by atoms with van der Waals surface area (Å²) in [5.74, 6) is 0.663. The summed E-state index contributed by atoms with van der Waals surface area (Å²) >= 11 is 0. The van der Waals surface area contributed by atoms with Crippen LogP contribution in [-0.2, 0) is 4.79 Å². The lowest BCUT2D eigenvalue weighted by molar-refractivity contribution is -0.137. The third-order valence-electron chi connectivity index (χ3n) is 6.38. The number of halogens is 1. The van der Waals surface area contributed by atoms with Crippen LogP contribution in [0, 0.1) is 23.6 Å². The van der Waals surface area contributed by atoms with Gasteiger partial charge in [0.05, 0.1) is 12.2 Å². The molecular weight excluding hydrogens is 371 g/mol. The lowest BCUT2D eigenvalue weighted by Crippen LogP contribution is -2.33. The van der Waals surface area contributed by atoms with Crippen LogP contribution < -0.4 is 10.6 Å². The summed E-state index contributed by atoms with van der Waals surface area (Å²) in [4.78, 5) is 23.4. The molecule has 3 heterocycles. The van der Waals surface area contributed by atoms with E-state index in [1.165, 1.54) is 0 Å². The van der Waals surface area contributed by atoms with Crippen molar-refractivity contribution in [2.24, 2.45) is 22.9 Å². The molecule has 2 fully saturated rings. The number of nitrogen functional groups attached to an aromatic ring is 1. The van der Waals surface area contributed by atoms with Gasteiger partial charge in [-0.3, -0.25) is 4.79 Å². The molecular formula is C21H23FN6O. The second-order valence-electron chi connectivity index (χ2n) is 8.14. The van der Waals surface area contributed by atoms with Crippen molar-refractivity contribution in [1.29, 1.82) is 0 Å². The van der Waals surface area contributed by atoms with Crippen molar-refractivity contribution in [3.05, 3.63) is 47.9 Å². The van der Waals surface area contributed by atoms with Gasteiger partial charge in [-0.25, -0.2) is 14.4 Å². The minimum Gasteiger partial charge on any atom is -0.381 e. The van der Waals surface area contributed by atoms with E-state index in [1.54, 1.807) is 5.01 Å². The highest BCUT2D eigenvalue weighted by atomic mass is 19.1. The molecule has 5 rings (SSSR count). The Balaban J connectivity index is 1.25. The van der Waals surface area contributed by atoms with Crippen molar-refractivity contribution in [2.45, 2.75) is 25.3 Å². The fourth-order valence-corrected chi connectivity index (χ4v) is 4.95. The van der Waals surface area contributed by atoms with E-state index < -0.39 is 5.82 Å². The van der Waals surface area contributed by atoms with E-state index in [9.17, 15) is 9.18 Å². The largest absolute Gasteiger partial charge is 0.381 e. The number of hydrogen-bond acceptors (Lipinski definition) is 6. The monoisotopic (exact) mass is 394 g/mol. The first-order valence-electron chi connectivity index (χ1n) is 10.0. The number of nitrogens with two attached hydrogens (primary N) is 1. The van der Waals surface area contributed by atoms with E-state index in [0.29, 0.717) is 17.8 Å². The van der Waals surface area contributed by atoms with Crippen LogP contribution in [0.2, 0.25) is 0 Å². The highest BCUT2D eigenvalue weighted by Crippen LogP contribution is 2.44. The molecule has 2 aliphatic heterocycles. The molecule has 2 N–H and O–H groups in total. The third kappa shape index (κ3) is 3.22. The Morgan fingerprint density at radius 3 is 2.55 bits per heavy atom. The molecule has 1 saturated heterocycles. The van der Waals surface area contributed by atoms with Crippen LogP contribution in [0.15, 0.2) is 41.6 Å². The van der Waals surface area contributed by atoms with E-state index in [1.807, 2.05) is 29.3 Å². The maximum Gasteiger partial charge on any atom is 0.246 e. The molecule has 8 heteroatoms. The predicted molar refractivity (Wildman–Crippen MR) is 107 cm³/mol. The zero-order valence-corrected chi connectivity index (χ0v) is 16.0. The predicted octanol–water partition coefficient (Wildman–Crippen LogP) is 2.62. The minimum absolute atomic E-state index is 0.00349. The van der Waals surface area contributed by atoms with Gasteiger partial charge in [-0.15, -0.1) is 0 Å². The van der Waals surface area contributed by atoms with Gasteiger partial charge in [0.15, 0.2) is 11.6 Å². The van der Waals surface area contributed by atoms with Crippen LogP contribution in [-0.4, -0.2) is 40.2 Å². The molecule has 0 spiro atoms. The highest BCUT2D eigenvalue weighted by molar-refractivity contribution is 5.82. The summed E-state index contributed by atoms with van der Waals surface area (Å²) in [6.45, 7) is 1.54. The Labute approximate surface area is 168 Å². The highest BCUT2D eigenvalue weighted by Gasteiger charge is 2.46. The van der Waals surface area contributed by atoms with Gasteiger partial charge in [0, 0.05) is 31.6 Å². The van der Waals surface area contributed by atoms with E-state index in [-0.39, 0.29) is 23.7 Å². The topological polar surface area (TPSA) is 87.7 Å². The third-order valence-corrected chi connectivity index (χ3v) is 6.38. The molecule has 0 bridgehead atoms. The summed E-state index contributed by atoms with van der Waals surface area (Å²) < 4.78 is 13.3. The van der Waals surface area contributed by atoms with Crippen LogP contribution >= 0.6 is 0 Å². The summed E-state index contributed by atoms with van der Waals surface area (Å²) in [7, 11) is 0. The number of carbonyl (C=O) groups excluding carboxylic acids is 1. The van der Waals surface area contributed by atoms with Crippen molar-refractivity contribution in [2.75, 3.05) is 23.7 Å². The van der Waals surface area contributed by atoms with Crippen molar-refractivity contribution < 1.29 is 9.18 Å². The second-order valence-corrected chi connectivity index (χ2v) is 8.14. The average molecular weight is 394 g/mol. The Bertz CT molecular complexity index is 937. The zero-order valence-electron chi connectivity index (χ0n) is 16.0. The smallest absolute Gasteiger partial charge is 0.246 e.